The summed E-state index contributed by atoms with van der Waals surface area (Å²) in [5, 5.41) is 9.17. The third-order valence-corrected chi connectivity index (χ3v) is 3.47. The van der Waals surface area contributed by atoms with Gasteiger partial charge in [0.1, 0.15) is 0 Å². The Balaban J connectivity index is 2.21. The lowest BCUT2D eigenvalue weighted by Crippen LogP contribution is -2.37. The topological polar surface area (TPSA) is 40.5 Å². The van der Waals surface area contributed by atoms with Crippen LogP contribution in [0.1, 0.15) is 32.6 Å². The van der Waals surface area contributed by atoms with E-state index in [1.807, 2.05) is 13.0 Å². The van der Waals surface area contributed by atoms with Crippen LogP contribution in [0.4, 0.5) is 13.6 Å². The quantitative estimate of drug-likeness (QED) is 0.779. The van der Waals surface area contributed by atoms with Gasteiger partial charge in [0.25, 0.3) is 5.92 Å². The molecular formula is C13H17F2NO2. The van der Waals surface area contributed by atoms with Gasteiger partial charge in [-0.2, -0.15) is 0 Å². The van der Waals surface area contributed by atoms with E-state index in [1.165, 1.54) is 11.0 Å². The molecule has 1 unspecified atom stereocenters. The summed E-state index contributed by atoms with van der Waals surface area (Å²) in [6.45, 7) is 2.42. The maximum atomic E-state index is 13.1. The van der Waals surface area contributed by atoms with E-state index in [-0.39, 0.29) is 25.2 Å². The molecule has 5 heteroatoms. The summed E-state index contributed by atoms with van der Waals surface area (Å²) in [4.78, 5) is 12.5. The van der Waals surface area contributed by atoms with Crippen molar-refractivity contribution in [3.63, 3.8) is 0 Å². The predicted molar refractivity (Wildman–Crippen MR) is 63.5 cm³/mol. The monoisotopic (exact) mass is 257 g/mol. The Kier molecular flexibility index (Phi) is 3.41. The minimum atomic E-state index is -2.64. The molecule has 0 spiro atoms. The molecule has 1 N–H and O–H groups in total. The first-order chi connectivity index (χ1) is 8.39. The van der Waals surface area contributed by atoms with Crippen LogP contribution >= 0.6 is 0 Å². The fourth-order valence-corrected chi connectivity index (χ4v) is 2.42. The van der Waals surface area contributed by atoms with Gasteiger partial charge in [-0.25, -0.2) is 13.6 Å². The van der Waals surface area contributed by atoms with Crippen LogP contribution in [0.5, 0.6) is 0 Å². The summed E-state index contributed by atoms with van der Waals surface area (Å²) < 4.78 is 26.1. The number of hydrogen-bond donors (Lipinski definition) is 1. The molecule has 0 bridgehead atoms. The predicted octanol–water partition coefficient (Wildman–Crippen LogP) is 3.64. The van der Waals surface area contributed by atoms with Crippen molar-refractivity contribution in [3.8, 4) is 0 Å². The second-order valence-electron chi connectivity index (χ2n) is 5.11. The number of carboxylic acid groups (broad SMARTS) is 1. The maximum Gasteiger partial charge on any atom is 0.411 e. The molecule has 0 radical (unpaired) electrons. The molecule has 1 amide bonds. The summed E-state index contributed by atoms with van der Waals surface area (Å²) in [5.41, 5.74) is 1.35. The van der Waals surface area contributed by atoms with E-state index in [2.05, 4.69) is 0 Å². The van der Waals surface area contributed by atoms with Crippen LogP contribution in [-0.4, -0.2) is 28.6 Å². The highest BCUT2D eigenvalue weighted by Gasteiger charge is 2.34. The third kappa shape index (κ3) is 2.71. The number of alkyl halides is 2. The van der Waals surface area contributed by atoms with E-state index in [0.717, 1.165) is 12.0 Å². The van der Waals surface area contributed by atoms with Gasteiger partial charge in [-0.05, 0) is 24.3 Å². The molecule has 1 aliphatic carbocycles. The fourth-order valence-electron chi connectivity index (χ4n) is 2.42. The molecule has 100 valence electrons. The zero-order chi connectivity index (χ0) is 13.3. The van der Waals surface area contributed by atoms with Gasteiger partial charge in [0.05, 0.1) is 0 Å². The van der Waals surface area contributed by atoms with Gasteiger partial charge in [-0.3, -0.25) is 4.90 Å². The van der Waals surface area contributed by atoms with Crippen molar-refractivity contribution >= 4 is 6.09 Å². The zero-order valence-electron chi connectivity index (χ0n) is 10.3. The number of carbonyl (C=O) groups is 1. The largest absolute Gasteiger partial charge is 0.465 e. The van der Waals surface area contributed by atoms with Crippen molar-refractivity contribution < 1.29 is 18.7 Å². The van der Waals surface area contributed by atoms with Crippen LogP contribution < -0.4 is 0 Å². The number of allylic oxidation sites excluding steroid dienone is 3. The Morgan fingerprint density at radius 3 is 2.78 bits per heavy atom. The molecule has 0 aromatic rings. The van der Waals surface area contributed by atoms with Crippen molar-refractivity contribution in [3.05, 3.63) is 23.4 Å². The third-order valence-electron chi connectivity index (χ3n) is 3.47. The highest BCUT2D eigenvalue weighted by Crippen LogP contribution is 2.37. The van der Waals surface area contributed by atoms with Gasteiger partial charge in [0.15, 0.2) is 0 Å². The maximum absolute atomic E-state index is 13.1. The lowest BCUT2D eigenvalue weighted by Gasteiger charge is -2.33. The zero-order valence-corrected chi connectivity index (χ0v) is 10.3. The molecule has 0 saturated carbocycles. The molecule has 18 heavy (non-hydrogen) atoms. The van der Waals surface area contributed by atoms with E-state index in [4.69, 9.17) is 5.11 Å². The first kappa shape index (κ1) is 13.1. The van der Waals surface area contributed by atoms with Crippen LogP contribution in [0.2, 0.25) is 0 Å². The van der Waals surface area contributed by atoms with E-state index in [9.17, 15) is 13.6 Å². The minimum Gasteiger partial charge on any atom is -0.465 e. The lowest BCUT2D eigenvalue weighted by atomic mass is 9.90. The van der Waals surface area contributed by atoms with Crippen LogP contribution in [-0.2, 0) is 0 Å². The first-order valence-corrected chi connectivity index (χ1v) is 6.17. The van der Waals surface area contributed by atoms with Crippen molar-refractivity contribution in [2.75, 3.05) is 6.54 Å². The van der Waals surface area contributed by atoms with Gasteiger partial charge in [0.2, 0.25) is 0 Å². The summed E-state index contributed by atoms with van der Waals surface area (Å²) in [6.07, 6.45) is 2.90. The van der Waals surface area contributed by atoms with Crippen LogP contribution in [0, 0.1) is 5.92 Å². The molecule has 1 aliphatic heterocycles. The molecular weight excluding hydrogens is 240 g/mol. The number of hydrogen-bond acceptors (Lipinski definition) is 1. The molecule has 1 atom stereocenters. The Hall–Kier alpha value is -1.39. The molecule has 0 saturated heterocycles. The van der Waals surface area contributed by atoms with Crippen LogP contribution in [0.15, 0.2) is 23.4 Å². The average molecular weight is 257 g/mol. The summed E-state index contributed by atoms with van der Waals surface area (Å²) in [6, 6.07) is 0. The van der Waals surface area contributed by atoms with E-state index in [0.29, 0.717) is 12.2 Å². The van der Waals surface area contributed by atoms with Crippen molar-refractivity contribution in [2.24, 2.45) is 5.92 Å². The standard InChI is InChI=1S/C13H17F2NO2/c1-9-2-3-11(16(8-9)12(17)18)10-4-6-13(14,15)7-5-10/h3-4,9H,2,5-8H2,1H3,(H,17,18). The smallest absolute Gasteiger partial charge is 0.411 e. The van der Waals surface area contributed by atoms with Gasteiger partial charge < -0.3 is 5.11 Å². The fraction of sp³-hybridized carbons (Fsp3) is 0.615. The number of halogens is 2. The summed E-state index contributed by atoms with van der Waals surface area (Å²) in [7, 11) is 0. The van der Waals surface area contributed by atoms with Gasteiger partial charge in [-0.1, -0.05) is 19.1 Å². The SMILES string of the molecule is CC1CC=C(C2=CCC(F)(F)CC2)N(C(=O)O)C1. The Morgan fingerprint density at radius 1 is 1.50 bits per heavy atom. The first-order valence-electron chi connectivity index (χ1n) is 6.17. The molecule has 3 nitrogen and oxygen atoms in total. The van der Waals surface area contributed by atoms with Crippen molar-refractivity contribution in [2.45, 2.75) is 38.5 Å². The molecule has 2 rings (SSSR count). The van der Waals surface area contributed by atoms with Gasteiger partial charge in [-0.15, -0.1) is 0 Å². The number of rotatable bonds is 1. The summed E-state index contributed by atoms with van der Waals surface area (Å²) >= 11 is 0. The van der Waals surface area contributed by atoms with Gasteiger partial charge >= 0.3 is 6.09 Å². The van der Waals surface area contributed by atoms with Crippen LogP contribution in [0.25, 0.3) is 0 Å². The van der Waals surface area contributed by atoms with E-state index >= 15 is 0 Å². The van der Waals surface area contributed by atoms with Gasteiger partial charge in [0, 0.05) is 25.1 Å². The molecule has 2 aliphatic rings. The minimum absolute atomic E-state index is 0.195. The average Bonchev–Trinajstić information content (AvgIpc) is 2.29. The van der Waals surface area contributed by atoms with Crippen molar-refractivity contribution in [1.82, 2.24) is 4.90 Å². The lowest BCUT2D eigenvalue weighted by molar-refractivity contribution is -0.00868. The molecule has 0 aromatic carbocycles. The number of nitrogens with zero attached hydrogens (tertiary/aromatic N) is 1. The Bertz CT molecular complexity index is 415. The van der Waals surface area contributed by atoms with E-state index < -0.39 is 12.0 Å². The Morgan fingerprint density at radius 2 is 2.22 bits per heavy atom. The second-order valence-corrected chi connectivity index (χ2v) is 5.11. The van der Waals surface area contributed by atoms with E-state index in [1.54, 1.807) is 0 Å². The summed E-state index contributed by atoms with van der Waals surface area (Å²) in [5.74, 6) is -2.37. The number of amides is 1. The molecule has 1 heterocycles. The Labute approximate surface area is 105 Å². The highest BCUT2D eigenvalue weighted by atomic mass is 19.3. The molecule has 0 fully saturated rings. The van der Waals surface area contributed by atoms with Crippen LogP contribution in [0.3, 0.4) is 0 Å². The normalized spacial score (nSPS) is 27.5. The highest BCUT2D eigenvalue weighted by molar-refractivity contribution is 5.69. The second kappa shape index (κ2) is 4.71. The van der Waals surface area contributed by atoms with Crippen molar-refractivity contribution in [1.29, 1.82) is 0 Å². The molecule has 0 aromatic heterocycles.